The van der Waals surface area contributed by atoms with Gasteiger partial charge in [0, 0.05) is 31.1 Å². The average Bonchev–Trinajstić information content (AvgIpc) is 2.44. The fourth-order valence-corrected chi connectivity index (χ4v) is 1.65. The van der Waals surface area contributed by atoms with Crippen LogP contribution in [-0.4, -0.2) is 29.8 Å². The molecule has 21 heavy (non-hydrogen) atoms. The molecule has 1 aromatic rings. The number of amides is 2. The lowest BCUT2D eigenvalue weighted by Crippen LogP contribution is -2.26. The smallest absolute Gasteiger partial charge is 0.292 e. The maximum absolute atomic E-state index is 11.4. The summed E-state index contributed by atoms with van der Waals surface area (Å²) in [4.78, 5) is 32.9. The van der Waals surface area contributed by atoms with E-state index in [2.05, 4.69) is 10.6 Å². The summed E-state index contributed by atoms with van der Waals surface area (Å²) in [6.45, 7) is 2.76. The lowest BCUT2D eigenvalue weighted by atomic mass is 10.1. The Bertz CT molecular complexity index is 545. The molecule has 114 valence electrons. The summed E-state index contributed by atoms with van der Waals surface area (Å²) >= 11 is 0. The van der Waals surface area contributed by atoms with E-state index in [-0.39, 0.29) is 35.8 Å². The normalized spacial score (nSPS) is 9.95. The van der Waals surface area contributed by atoms with Gasteiger partial charge in [-0.1, -0.05) is 6.92 Å². The molecule has 0 bridgehead atoms. The van der Waals surface area contributed by atoms with E-state index in [1.54, 1.807) is 0 Å². The molecular weight excluding hydrogens is 276 g/mol. The Balaban J connectivity index is 2.71. The minimum absolute atomic E-state index is 0.141. The Morgan fingerprint density at radius 2 is 2.05 bits per heavy atom. The molecule has 0 aliphatic heterocycles. The van der Waals surface area contributed by atoms with Crippen molar-refractivity contribution in [3.63, 3.8) is 0 Å². The third-order valence-electron chi connectivity index (χ3n) is 2.72. The maximum atomic E-state index is 11.4. The van der Waals surface area contributed by atoms with Crippen LogP contribution in [-0.2, 0) is 4.79 Å². The number of benzene rings is 1. The molecule has 0 saturated carbocycles. The van der Waals surface area contributed by atoms with Gasteiger partial charge in [-0.25, -0.2) is 0 Å². The number of nitrogens with two attached hydrogens (primary N) is 1. The van der Waals surface area contributed by atoms with Gasteiger partial charge < -0.3 is 16.4 Å². The predicted molar refractivity (Wildman–Crippen MR) is 78.0 cm³/mol. The molecule has 0 radical (unpaired) electrons. The highest BCUT2D eigenvalue weighted by atomic mass is 16.6. The summed E-state index contributed by atoms with van der Waals surface area (Å²) in [6, 6.07) is 3.81. The number of nitro benzene ring substituents is 1. The number of carbonyl (C=O) groups is 2. The molecule has 0 fully saturated rings. The molecule has 0 aromatic heterocycles. The highest BCUT2D eigenvalue weighted by Crippen LogP contribution is 2.25. The molecule has 4 N–H and O–H groups in total. The van der Waals surface area contributed by atoms with Gasteiger partial charge in [0.15, 0.2) is 0 Å². The first-order chi connectivity index (χ1) is 9.95. The maximum Gasteiger partial charge on any atom is 0.292 e. The topological polar surface area (TPSA) is 127 Å². The van der Waals surface area contributed by atoms with Crippen molar-refractivity contribution in [2.45, 2.75) is 19.8 Å². The van der Waals surface area contributed by atoms with E-state index in [9.17, 15) is 19.7 Å². The van der Waals surface area contributed by atoms with E-state index in [1.807, 2.05) is 6.92 Å². The second kappa shape index (κ2) is 7.83. The third-order valence-corrected chi connectivity index (χ3v) is 2.72. The van der Waals surface area contributed by atoms with E-state index < -0.39 is 10.8 Å². The number of primary amides is 1. The van der Waals surface area contributed by atoms with E-state index in [1.165, 1.54) is 18.2 Å². The van der Waals surface area contributed by atoms with Crippen molar-refractivity contribution in [2.24, 2.45) is 5.73 Å². The van der Waals surface area contributed by atoms with Crippen LogP contribution in [0.4, 0.5) is 11.4 Å². The number of anilines is 1. The minimum Gasteiger partial charge on any atom is -0.379 e. The zero-order chi connectivity index (χ0) is 15.8. The molecule has 0 atom stereocenters. The van der Waals surface area contributed by atoms with E-state index in [4.69, 9.17) is 5.73 Å². The average molecular weight is 294 g/mol. The molecule has 0 heterocycles. The Kier molecular flexibility index (Phi) is 6.12. The summed E-state index contributed by atoms with van der Waals surface area (Å²) in [6.07, 6.45) is 1.02. The molecule has 0 saturated heterocycles. The number of hydrogen-bond donors (Lipinski definition) is 3. The van der Waals surface area contributed by atoms with E-state index >= 15 is 0 Å². The van der Waals surface area contributed by atoms with Gasteiger partial charge in [-0.05, 0) is 18.6 Å². The summed E-state index contributed by atoms with van der Waals surface area (Å²) in [5.74, 6) is -0.813. The second-order valence-corrected chi connectivity index (χ2v) is 4.38. The predicted octanol–water partition coefficient (Wildman–Crippen LogP) is 1.02. The molecule has 8 nitrogen and oxygen atoms in total. The molecular formula is C13H18N4O4. The number of carbonyl (C=O) groups excluding carboxylic acids is 2. The van der Waals surface area contributed by atoms with Crippen LogP contribution in [0.15, 0.2) is 18.2 Å². The fraction of sp³-hybridized carbons (Fsp3) is 0.385. The van der Waals surface area contributed by atoms with Gasteiger partial charge in [0.2, 0.25) is 11.8 Å². The van der Waals surface area contributed by atoms with Crippen LogP contribution in [0.5, 0.6) is 0 Å². The van der Waals surface area contributed by atoms with Crippen LogP contribution in [0.3, 0.4) is 0 Å². The standard InChI is InChI=1S/C13H18N4O4/c1-2-6-16-12(18)5-7-15-10-8-9(13(14)19)3-4-11(10)17(20)21/h3-4,8,15H,2,5-7H2,1H3,(H2,14,19)(H,16,18). The van der Waals surface area contributed by atoms with Crippen molar-refractivity contribution >= 4 is 23.2 Å². The number of nitrogens with one attached hydrogen (secondary N) is 2. The number of rotatable bonds is 8. The molecule has 0 spiro atoms. The summed E-state index contributed by atoms with van der Waals surface area (Å²) in [5, 5.41) is 16.4. The van der Waals surface area contributed by atoms with Crippen molar-refractivity contribution in [3.8, 4) is 0 Å². The Morgan fingerprint density at radius 1 is 1.33 bits per heavy atom. The zero-order valence-corrected chi connectivity index (χ0v) is 11.7. The van der Waals surface area contributed by atoms with Crippen LogP contribution in [0.2, 0.25) is 0 Å². The van der Waals surface area contributed by atoms with Gasteiger partial charge in [0.25, 0.3) is 5.69 Å². The van der Waals surface area contributed by atoms with Gasteiger partial charge >= 0.3 is 0 Å². The van der Waals surface area contributed by atoms with Crippen molar-refractivity contribution in [3.05, 3.63) is 33.9 Å². The molecule has 0 unspecified atom stereocenters. The first-order valence-corrected chi connectivity index (χ1v) is 6.54. The van der Waals surface area contributed by atoms with E-state index in [0.29, 0.717) is 6.54 Å². The van der Waals surface area contributed by atoms with Crippen LogP contribution in [0.1, 0.15) is 30.1 Å². The zero-order valence-electron chi connectivity index (χ0n) is 11.7. The number of hydrogen-bond acceptors (Lipinski definition) is 5. The molecule has 0 aliphatic rings. The second-order valence-electron chi connectivity index (χ2n) is 4.38. The van der Waals surface area contributed by atoms with Crippen molar-refractivity contribution in [1.29, 1.82) is 0 Å². The van der Waals surface area contributed by atoms with Crippen molar-refractivity contribution < 1.29 is 14.5 Å². The van der Waals surface area contributed by atoms with Crippen molar-refractivity contribution in [1.82, 2.24) is 5.32 Å². The minimum atomic E-state index is -0.673. The van der Waals surface area contributed by atoms with Crippen molar-refractivity contribution in [2.75, 3.05) is 18.4 Å². The van der Waals surface area contributed by atoms with Crippen LogP contribution < -0.4 is 16.4 Å². The molecule has 8 heteroatoms. The number of nitro groups is 1. The summed E-state index contributed by atoms with van der Waals surface area (Å²) in [5.41, 5.74) is 5.30. The van der Waals surface area contributed by atoms with Crippen LogP contribution in [0.25, 0.3) is 0 Å². The van der Waals surface area contributed by atoms with Crippen LogP contribution in [0, 0.1) is 10.1 Å². The van der Waals surface area contributed by atoms with Gasteiger partial charge in [-0.2, -0.15) is 0 Å². The van der Waals surface area contributed by atoms with Gasteiger partial charge in [-0.3, -0.25) is 19.7 Å². The Labute approximate surface area is 121 Å². The highest BCUT2D eigenvalue weighted by Gasteiger charge is 2.15. The Hall–Kier alpha value is -2.64. The first kappa shape index (κ1) is 16.4. The monoisotopic (exact) mass is 294 g/mol. The van der Waals surface area contributed by atoms with Gasteiger partial charge in [0.1, 0.15) is 5.69 Å². The summed E-state index contributed by atoms with van der Waals surface area (Å²) in [7, 11) is 0. The number of nitrogens with zero attached hydrogens (tertiary/aromatic N) is 1. The van der Waals surface area contributed by atoms with Crippen LogP contribution >= 0.6 is 0 Å². The lowest BCUT2D eigenvalue weighted by molar-refractivity contribution is -0.384. The summed E-state index contributed by atoms with van der Waals surface area (Å²) < 4.78 is 0. The first-order valence-electron chi connectivity index (χ1n) is 6.54. The Morgan fingerprint density at radius 3 is 2.62 bits per heavy atom. The molecule has 2 amide bonds. The molecule has 1 rings (SSSR count). The largest absolute Gasteiger partial charge is 0.379 e. The SMILES string of the molecule is CCCNC(=O)CCNc1cc(C(N)=O)ccc1[N+](=O)[O-]. The third kappa shape index (κ3) is 5.09. The lowest BCUT2D eigenvalue weighted by Gasteiger charge is -2.08. The van der Waals surface area contributed by atoms with Gasteiger partial charge in [0.05, 0.1) is 4.92 Å². The van der Waals surface area contributed by atoms with Gasteiger partial charge in [-0.15, -0.1) is 0 Å². The highest BCUT2D eigenvalue weighted by molar-refractivity contribution is 5.94. The molecule has 0 aliphatic carbocycles. The molecule has 1 aromatic carbocycles. The quantitative estimate of drug-likeness (QED) is 0.487. The van der Waals surface area contributed by atoms with E-state index in [0.717, 1.165) is 6.42 Å². The fourth-order valence-electron chi connectivity index (χ4n) is 1.65.